The van der Waals surface area contributed by atoms with Crippen LogP contribution in [-0.4, -0.2) is 26.4 Å². The molecule has 0 radical (unpaired) electrons. The molecule has 118 valence electrons. The average Bonchev–Trinajstić information content (AvgIpc) is 2.70. The number of hydrogen-bond donors (Lipinski definition) is 2. The smallest absolute Gasteiger partial charge is 0.333 e. The van der Waals surface area contributed by atoms with Gasteiger partial charge in [-0.05, 0) is 19.1 Å². The van der Waals surface area contributed by atoms with Crippen molar-refractivity contribution in [1.82, 2.24) is 9.78 Å². The van der Waals surface area contributed by atoms with Crippen LogP contribution >= 0.6 is 23.2 Å². The summed E-state index contributed by atoms with van der Waals surface area (Å²) < 4.78 is 1.36. The van der Waals surface area contributed by atoms with E-state index in [0.717, 1.165) is 0 Å². The summed E-state index contributed by atoms with van der Waals surface area (Å²) in [5.41, 5.74) is 0.542. The SMILES string of the molecule is Cc1nn(C)c(NCC(O)c2c(Cl)cccc2Cl)c1[N+](=O)[O-]. The number of aryl methyl sites for hydroxylation is 2. The zero-order valence-electron chi connectivity index (χ0n) is 11.9. The second-order valence-corrected chi connectivity index (χ2v) is 5.51. The number of benzene rings is 1. The van der Waals surface area contributed by atoms with Crippen LogP contribution in [0.25, 0.3) is 0 Å². The molecule has 0 aliphatic heterocycles. The molecule has 0 bridgehead atoms. The van der Waals surface area contributed by atoms with Gasteiger partial charge in [-0.2, -0.15) is 5.10 Å². The van der Waals surface area contributed by atoms with Gasteiger partial charge in [-0.1, -0.05) is 29.3 Å². The van der Waals surface area contributed by atoms with E-state index in [1.165, 1.54) is 4.68 Å². The lowest BCUT2D eigenvalue weighted by Gasteiger charge is -2.15. The molecular formula is C13H14Cl2N4O3. The summed E-state index contributed by atoms with van der Waals surface area (Å²) >= 11 is 12.1. The summed E-state index contributed by atoms with van der Waals surface area (Å²) in [5, 5.41) is 28.8. The van der Waals surface area contributed by atoms with Crippen LogP contribution in [0.5, 0.6) is 0 Å². The molecule has 1 aromatic carbocycles. The van der Waals surface area contributed by atoms with Crippen LogP contribution in [0, 0.1) is 17.0 Å². The number of nitro groups is 1. The molecule has 0 aliphatic rings. The summed E-state index contributed by atoms with van der Waals surface area (Å²) in [5.74, 6) is 0.213. The first-order valence-electron chi connectivity index (χ1n) is 6.36. The van der Waals surface area contributed by atoms with Gasteiger partial charge in [-0.15, -0.1) is 0 Å². The molecule has 2 rings (SSSR count). The number of aliphatic hydroxyl groups excluding tert-OH is 1. The summed E-state index contributed by atoms with van der Waals surface area (Å²) in [6.45, 7) is 1.55. The molecule has 2 aromatic rings. The minimum absolute atomic E-state index is 0.00324. The Bertz CT molecular complexity index is 697. The van der Waals surface area contributed by atoms with E-state index in [1.807, 2.05) is 0 Å². The lowest BCUT2D eigenvalue weighted by molar-refractivity contribution is -0.384. The highest BCUT2D eigenvalue weighted by Gasteiger charge is 2.25. The number of halogens is 2. The van der Waals surface area contributed by atoms with Crippen LogP contribution in [0.15, 0.2) is 18.2 Å². The first-order chi connectivity index (χ1) is 10.3. The average molecular weight is 345 g/mol. The molecule has 9 heteroatoms. The molecule has 0 saturated carbocycles. The van der Waals surface area contributed by atoms with E-state index in [9.17, 15) is 15.2 Å². The third-order valence-corrected chi connectivity index (χ3v) is 3.83. The van der Waals surface area contributed by atoms with Gasteiger partial charge in [0, 0.05) is 29.2 Å². The third kappa shape index (κ3) is 3.16. The maximum atomic E-state index is 11.1. The summed E-state index contributed by atoms with van der Waals surface area (Å²) in [6, 6.07) is 4.90. The van der Waals surface area contributed by atoms with Crippen LogP contribution in [0.4, 0.5) is 11.5 Å². The zero-order chi connectivity index (χ0) is 16.4. The molecule has 1 unspecified atom stereocenters. The fourth-order valence-electron chi connectivity index (χ4n) is 2.19. The van der Waals surface area contributed by atoms with Crippen LogP contribution < -0.4 is 5.32 Å². The third-order valence-electron chi connectivity index (χ3n) is 3.17. The van der Waals surface area contributed by atoms with Gasteiger partial charge in [-0.25, -0.2) is 4.68 Å². The van der Waals surface area contributed by atoms with Crippen molar-refractivity contribution in [2.24, 2.45) is 7.05 Å². The van der Waals surface area contributed by atoms with E-state index in [4.69, 9.17) is 23.2 Å². The van der Waals surface area contributed by atoms with Crippen molar-refractivity contribution in [2.45, 2.75) is 13.0 Å². The van der Waals surface area contributed by atoms with Crippen molar-refractivity contribution in [3.05, 3.63) is 49.6 Å². The first kappa shape index (κ1) is 16.5. The summed E-state index contributed by atoms with van der Waals surface area (Å²) in [4.78, 5) is 10.6. The Balaban J connectivity index is 2.22. The molecule has 0 spiro atoms. The normalized spacial score (nSPS) is 12.2. The predicted molar refractivity (Wildman–Crippen MR) is 84.5 cm³/mol. The Morgan fingerprint density at radius 3 is 2.59 bits per heavy atom. The summed E-state index contributed by atoms with van der Waals surface area (Å²) in [7, 11) is 1.58. The maximum absolute atomic E-state index is 11.1. The van der Waals surface area contributed by atoms with E-state index >= 15 is 0 Å². The van der Waals surface area contributed by atoms with Crippen molar-refractivity contribution in [2.75, 3.05) is 11.9 Å². The molecule has 2 N–H and O–H groups in total. The Kier molecular flexibility index (Phi) is 4.90. The highest BCUT2D eigenvalue weighted by Crippen LogP contribution is 2.32. The lowest BCUT2D eigenvalue weighted by Crippen LogP contribution is -2.15. The van der Waals surface area contributed by atoms with Gasteiger partial charge in [0.1, 0.15) is 5.69 Å². The highest BCUT2D eigenvalue weighted by atomic mass is 35.5. The van der Waals surface area contributed by atoms with Crippen LogP contribution in [0.1, 0.15) is 17.4 Å². The molecule has 0 aliphatic carbocycles. The quantitative estimate of drug-likeness (QED) is 0.642. The Morgan fingerprint density at radius 2 is 2.05 bits per heavy atom. The van der Waals surface area contributed by atoms with Gasteiger partial charge in [0.05, 0.1) is 11.0 Å². The number of aromatic nitrogens is 2. The van der Waals surface area contributed by atoms with E-state index < -0.39 is 11.0 Å². The maximum Gasteiger partial charge on any atom is 0.333 e. The van der Waals surface area contributed by atoms with E-state index in [-0.39, 0.29) is 18.1 Å². The first-order valence-corrected chi connectivity index (χ1v) is 7.12. The van der Waals surface area contributed by atoms with Gasteiger partial charge < -0.3 is 10.4 Å². The molecule has 0 saturated heterocycles. The Morgan fingerprint density at radius 1 is 1.45 bits per heavy atom. The monoisotopic (exact) mass is 344 g/mol. The number of anilines is 1. The fourth-order valence-corrected chi connectivity index (χ4v) is 2.84. The van der Waals surface area contributed by atoms with Gasteiger partial charge in [0.2, 0.25) is 5.82 Å². The topological polar surface area (TPSA) is 93.2 Å². The zero-order valence-corrected chi connectivity index (χ0v) is 13.4. The standard InChI is InChI=1S/C13H14Cl2N4O3/c1-7-12(19(21)22)13(18(2)17-7)16-6-10(20)11-8(14)4-3-5-9(11)15/h3-5,10,16,20H,6H2,1-2H3. The van der Waals surface area contributed by atoms with Crippen LogP contribution in [0.3, 0.4) is 0 Å². The second kappa shape index (κ2) is 6.51. The molecule has 22 heavy (non-hydrogen) atoms. The predicted octanol–water partition coefficient (Wildman–Crippen LogP) is 3.09. The van der Waals surface area contributed by atoms with Gasteiger partial charge in [-0.3, -0.25) is 10.1 Å². The van der Waals surface area contributed by atoms with Crippen molar-refractivity contribution in [3.8, 4) is 0 Å². The summed E-state index contributed by atoms with van der Waals surface area (Å²) in [6.07, 6.45) is -1.02. The van der Waals surface area contributed by atoms with Crippen LogP contribution in [-0.2, 0) is 7.05 Å². The number of nitrogens with zero attached hydrogens (tertiary/aromatic N) is 3. The molecule has 1 atom stereocenters. The van der Waals surface area contributed by atoms with Crippen LogP contribution in [0.2, 0.25) is 10.0 Å². The Labute approximate surface area is 136 Å². The Hall–Kier alpha value is -1.83. The van der Waals surface area contributed by atoms with Crippen molar-refractivity contribution in [1.29, 1.82) is 0 Å². The van der Waals surface area contributed by atoms with Crippen molar-refractivity contribution in [3.63, 3.8) is 0 Å². The number of hydrogen-bond acceptors (Lipinski definition) is 5. The minimum atomic E-state index is -1.02. The second-order valence-electron chi connectivity index (χ2n) is 4.70. The van der Waals surface area contributed by atoms with Gasteiger partial charge >= 0.3 is 5.69 Å². The fraction of sp³-hybridized carbons (Fsp3) is 0.308. The van der Waals surface area contributed by atoms with Gasteiger partial charge in [0.25, 0.3) is 0 Å². The highest BCUT2D eigenvalue weighted by molar-refractivity contribution is 6.36. The minimum Gasteiger partial charge on any atom is -0.386 e. The molecule has 1 aromatic heterocycles. The lowest BCUT2D eigenvalue weighted by atomic mass is 10.1. The molecule has 7 nitrogen and oxygen atoms in total. The molecule has 0 amide bonds. The molecule has 0 fully saturated rings. The van der Waals surface area contributed by atoms with Crippen molar-refractivity contribution < 1.29 is 10.0 Å². The van der Waals surface area contributed by atoms with E-state index in [2.05, 4.69) is 10.4 Å². The number of aliphatic hydroxyl groups is 1. The number of nitrogens with one attached hydrogen (secondary N) is 1. The van der Waals surface area contributed by atoms with E-state index in [0.29, 0.717) is 21.3 Å². The molecule has 1 heterocycles. The number of rotatable bonds is 5. The largest absolute Gasteiger partial charge is 0.386 e. The van der Waals surface area contributed by atoms with E-state index in [1.54, 1.807) is 32.2 Å². The van der Waals surface area contributed by atoms with Crippen molar-refractivity contribution >= 4 is 34.7 Å². The molecular weight excluding hydrogens is 331 g/mol. The van der Waals surface area contributed by atoms with Gasteiger partial charge in [0.15, 0.2) is 0 Å².